The highest BCUT2D eigenvalue weighted by Gasteiger charge is 2.10. The highest BCUT2D eigenvalue weighted by molar-refractivity contribution is 5.89. The lowest BCUT2D eigenvalue weighted by Gasteiger charge is -2.08. The van der Waals surface area contributed by atoms with Gasteiger partial charge in [0.25, 0.3) is 0 Å². The molecule has 0 fully saturated rings. The van der Waals surface area contributed by atoms with Gasteiger partial charge in [0.15, 0.2) is 0 Å². The van der Waals surface area contributed by atoms with Crippen molar-refractivity contribution in [1.29, 1.82) is 0 Å². The Hall–Kier alpha value is -1.50. The van der Waals surface area contributed by atoms with Crippen LogP contribution in [0.25, 0.3) is 0 Å². The summed E-state index contributed by atoms with van der Waals surface area (Å²) in [5.74, 6) is -1.59. The quantitative estimate of drug-likeness (QED) is 0.693. The molecule has 0 saturated heterocycles. The summed E-state index contributed by atoms with van der Waals surface area (Å²) in [6, 6.07) is 3.50. The first-order chi connectivity index (χ1) is 9.15. The third-order valence-corrected chi connectivity index (χ3v) is 2.36. The molecule has 19 heavy (non-hydrogen) atoms. The number of carboxylic acid groups (broad SMARTS) is 1. The second-order valence-electron chi connectivity index (χ2n) is 3.76. The van der Waals surface area contributed by atoms with Crippen molar-refractivity contribution in [2.75, 3.05) is 33.5 Å². The van der Waals surface area contributed by atoms with Gasteiger partial charge in [-0.2, -0.15) is 0 Å². The average Bonchev–Trinajstić information content (AvgIpc) is 2.37. The monoisotopic (exact) mass is 272 g/mol. The zero-order valence-electron chi connectivity index (χ0n) is 10.7. The summed E-state index contributed by atoms with van der Waals surface area (Å²) >= 11 is 0. The van der Waals surface area contributed by atoms with Gasteiger partial charge in [0, 0.05) is 7.11 Å². The topological polar surface area (TPSA) is 65.0 Å². The minimum atomic E-state index is -1.10. The predicted molar refractivity (Wildman–Crippen MR) is 65.7 cm³/mol. The maximum Gasteiger partial charge on any atom is 0.336 e. The van der Waals surface area contributed by atoms with E-state index in [0.29, 0.717) is 32.0 Å². The molecule has 0 aromatic heterocycles. The number of methoxy groups -OCH3 is 1. The average molecular weight is 272 g/mol. The highest BCUT2D eigenvalue weighted by Crippen LogP contribution is 2.12. The lowest BCUT2D eigenvalue weighted by Crippen LogP contribution is -2.10. The molecule has 1 rings (SSSR count). The van der Waals surface area contributed by atoms with Crippen LogP contribution < -0.4 is 0 Å². The Morgan fingerprint density at radius 3 is 2.58 bits per heavy atom. The SMILES string of the molecule is COCCOCCOCc1cc(F)ccc1C(=O)O. The molecule has 0 spiro atoms. The van der Waals surface area contributed by atoms with Crippen LogP contribution in [0.15, 0.2) is 18.2 Å². The Morgan fingerprint density at radius 2 is 1.89 bits per heavy atom. The van der Waals surface area contributed by atoms with Crippen molar-refractivity contribution in [3.05, 3.63) is 35.1 Å². The molecule has 106 valence electrons. The fraction of sp³-hybridized carbons (Fsp3) is 0.462. The highest BCUT2D eigenvalue weighted by atomic mass is 19.1. The number of aromatic carboxylic acids is 1. The van der Waals surface area contributed by atoms with Gasteiger partial charge in [-0.25, -0.2) is 9.18 Å². The van der Waals surface area contributed by atoms with E-state index in [2.05, 4.69) is 0 Å². The number of rotatable bonds is 9. The number of ether oxygens (including phenoxy) is 3. The molecule has 1 aromatic carbocycles. The van der Waals surface area contributed by atoms with Crippen LogP contribution in [0.3, 0.4) is 0 Å². The van der Waals surface area contributed by atoms with E-state index in [9.17, 15) is 9.18 Å². The summed E-state index contributed by atoms with van der Waals surface area (Å²) in [7, 11) is 1.58. The van der Waals surface area contributed by atoms with E-state index in [4.69, 9.17) is 19.3 Å². The van der Waals surface area contributed by atoms with Gasteiger partial charge in [-0.3, -0.25) is 0 Å². The van der Waals surface area contributed by atoms with Crippen molar-refractivity contribution in [3.8, 4) is 0 Å². The third kappa shape index (κ3) is 5.78. The van der Waals surface area contributed by atoms with Crippen molar-refractivity contribution < 1.29 is 28.5 Å². The normalized spacial score (nSPS) is 10.6. The molecule has 0 atom stereocenters. The fourth-order valence-corrected chi connectivity index (χ4v) is 1.43. The van der Waals surface area contributed by atoms with Crippen LogP contribution in [0.2, 0.25) is 0 Å². The van der Waals surface area contributed by atoms with Gasteiger partial charge < -0.3 is 19.3 Å². The van der Waals surface area contributed by atoms with E-state index >= 15 is 0 Å². The van der Waals surface area contributed by atoms with Crippen LogP contribution in [0.5, 0.6) is 0 Å². The Kier molecular flexibility index (Phi) is 7.02. The zero-order chi connectivity index (χ0) is 14.1. The minimum Gasteiger partial charge on any atom is -0.478 e. The summed E-state index contributed by atoms with van der Waals surface area (Å²) in [6.45, 7) is 1.70. The summed E-state index contributed by atoms with van der Waals surface area (Å²) in [5, 5.41) is 8.94. The van der Waals surface area contributed by atoms with E-state index in [1.54, 1.807) is 7.11 Å². The van der Waals surface area contributed by atoms with Crippen molar-refractivity contribution in [2.45, 2.75) is 6.61 Å². The molecule has 1 N–H and O–H groups in total. The van der Waals surface area contributed by atoms with Crippen LogP contribution in [0.1, 0.15) is 15.9 Å². The van der Waals surface area contributed by atoms with Gasteiger partial charge in [0.05, 0.1) is 38.6 Å². The van der Waals surface area contributed by atoms with Crippen LogP contribution in [-0.2, 0) is 20.8 Å². The Balaban J connectivity index is 2.36. The number of hydrogen-bond acceptors (Lipinski definition) is 4. The van der Waals surface area contributed by atoms with E-state index < -0.39 is 11.8 Å². The molecule has 0 aliphatic heterocycles. The molecule has 0 bridgehead atoms. The van der Waals surface area contributed by atoms with E-state index in [1.165, 1.54) is 6.07 Å². The van der Waals surface area contributed by atoms with Crippen LogP contribution in [0, 0.1) is 5.82 Å². The molecule has 0 heterocycles. The lowest BCUT2D eigenvalue weighted by molar-refractivity contribution is 0.0196. The maximum atomic E-state index is 13.0. The minimum absolute atomic E-state index is 0.0348. The molecular weight excluding hydrogens is 255 g/mol. The first-order valence-electron chi connectivity index (χ1n) is 5.81. The molecule has 0 saturated carbocycles. The van der Waals surface area contributed by atoms with Gasteiger partial charge in [-0.05, 0) is 23.8 Å². The molecular formula is C13H17FO5. The molecule has 1 aromatic rings. The van der Waals surface area contributed by atoms with Crippen molar-refractivity contribution in [3.63, 3.8) is 0 Å². The molecule has 0 aliphatic carbocycles. The van der Waals surface area contributed by atoms with Crippen molar-refractivity contribution in [1.82, 2.24) is 0 Å². The van der Waals surface area contributed by atoms with Crippen molar-refractivity contribution in [2.24, 2.45) is 0 Å². The second-order valence-corrected chi connectivity index (χ2v) is 3.76. The Morgan fingerprint density at radius 1 is 1.21 bits per heavy atom. The molecule has 5 nitrogen and oxygen atoms in total. The Bertz CT molecular complexity index is 408. The van der Waals surface area contributed by atoms with E-state index in [0.717, 1.165) is 12.1 Å². The summed E-state index contributed by atoms with van der Waals surface area (Å²) in [5.41, 5.74) is 0.353. The van der Waals surface area contributed by atoms with Gasteiger partial charge in [-0.1, -0.05) is 0 Å². The summed E-state index contributed by atoms with van der Waals surface area (Å²) in [6.07, 6.45) is 0. The van der Waals surface area contributed by atoms with Gasteiger partial charge in [0.2, 0.25) is 0 Å². The predicted octanol–water partition coefficient (Wildman–Crippen LogP) is 1.70. The molecule has 0 aliphatic rings. The van der Waals surface area contributed by atoms with Gasteiger partial charge in [-0.15, -0.1) is 0 Å². The summed E-state index contributed by atoms with van der Waals surface area (Å²) in [4.78, 5) is 10.9. The maximum absolute atomic E-state index is 13.0. The number of benzene rings is 1. The zero-order valence-corrected chi connectivity index (χ0v) is 10.7. The van der Waals surface area contributed by atoms with Crippen LogP contribution in [0.4, 0.5) is 4.39 Å². The molecule has 6 heteroatoms. The smallest absolute Gasteiger partial charge is 0.336 e. The standard InChI is InChI=1S/C13H17FO5/c1-17-4-5-18-6-7-19-9-10-8-11(14)2-3-12(10)13(15)16/h2-3,8H,4-7,9H2,1H3,(H,15,16). The lowest BCUT2D eigenvalue weighted by atomic mass is 10.1. The number of hydrogen-bond donors (Lipinski definition) is 1. The van der Waals surface area contributed by atoms with E-state index in [-0.39, 0.29) is 12.2 Å². The van der Waals surface area contributed by atoms with Crippen molar-refractivity contribution >= 4 is 5.97 Å². The fourth-order valence-electron chi connectivity index (χ4n) is 1.43. The third-order valence-electron chi connectivity index (χ3n) is 2.36. The Labute approximate surface area is 110 Å². The molecule has 0 radical (unpaired) electrons. The first kappa shape index (κ1) is 15.6. The second kappa shape index (κ2) is 8.58. The number of halogens is 1. The van der Waals surface area contributed by atoms with E-state index in [1.807, 2.05) is 0 Å². The number of carboxylic acids is 1. The summed E-state index contributed by atoms with van der Waals surface area (Å²) < 4.78 is 28.3. The van der Waals surface area contributed by atoms with Gasteiger partial charge in [0.1, 0.15) is 5.82 Å². The van der Waals surface area contributed by atoms with Crippen LogP contribution in [-0.4, -0.2) is 44.6 Å². The van der Waals surface area contributed by atoms with Gasteiger partial charge >= 0.3 is 5.97 Å². The molecule has 0 unspecified atom stereocenters. The molecule has 0 amide bonds. The number of carbonyl (C=O) groups is 1. The van der Waals surface area contributed by atoms with Crippen LogP contribution >= 0.6 is 0 Å². The largest absolute Gasteiger partial charge is 0.478 e. The first-order valence-corrected chi connectivity index (χ1v) is 5.81.